The number of aryl methyl sites for hydroxylation is 2. The molecule has 0 atom stereocenters. The molecule has 0 aliphatic heterocycles. The fraction of sp³-hybridized carbons (Fsp3) is 0.500. The lowest BCUT2D eigenvalue weighted by Gasteiger charge is -2.28. The summed E-state index contributed by atoms with van der Waals surface area (Å²) in [6.45, 7) is 4.00. The molecule has 0 aromatic heterocycles. The van der Waals surface area contributed by atoms with Crippen molar-refractivity contribution in [2.24, 2.45) is 0 Å². The van der Waals surface area contributed by atoms with Crippen molar-refractivity contribution in [1.82, 2.24) is 0 Å². The van der Waals surface area contributed by atoms with Crippen molar-refractivity contribution in [2.45, 2.75) is 19.9 Å². The normalized spacial score (nSPS) is 10.8. The first-order valence-electron chi connectivity index (χ1n) is 5.12. The molecule has 0 saturated carbocycles. The van der Waals surface area contributed by atoms with Gasteiger partial charge in [-0.2, -0.15) is 0 Å². The van der Waals surface area contributed by atoms with Gasteiger partial charge >= 0.3 is 0 Å². The van der Waals surface area contributed by atoms with Gasteiger partial charge in [0.05, 0.1) is 19.3 Å². The first kappa shape index (κ1) is 12.0. The first-order chi connectivity index (χ1) is 7.10. The molecule has 0 radical (unpaired) electrons. The molecule has 0 aliphatic carbocycles. The highest BCUT2D eigenvalue weighted by atomic mass is 16.3. The standard InChI is InChI=1S/C12H19NO2/c1-9-4-5-12(10(2)6-9)13(3)11(7-14)8-15/h4-6,11,14-15H,7-8H2,1-3H3. The van der Waals surface area contributed by atoms with E-state index < -0.39 is 0 Å². The van der Waals surface area contributed by atoms with Crippen molar-refractivity contribution in [3.05, 3.63) is 29.3 Å². The molecule has 0 aliphatic rings. The third-order valence-corrected chi connectivity index (χ3v) is 2.70. The van der Waals surface area contributed by atoms with E-state index in [9.17, 15) is 0 Å². The maximum absolute atomic E-state index is 9.10. The number of benzene rings is 1. The van der Waals surface area contributed by atoms with Crippen LogP contribution in [0.25, 0.3) is 0 Å². The van der Waals surface area contributed by atoms with Crippen LogP contribution in [0, 0.1) is 13.8 Å². The van der Waals surface area contributed by atoms with Crippen molar-refractivity contribution in [1.29, 1.82) is 0 Å². The lowest BCUT2D eigenvalue weighted by Crippen LogP contribution is -2.38. The average molecular weight is 209 g/mol. The number of rotatable bonds is 4. The molecule has 3 heteroatoms. The summed E-state index contributed by atoms with van der Waals surface area (Å²) < 4.78 is 0. The van der Waals surface area contributed by atoms with E-state index >= 15 is 0 Å². The summed E-state index contributed by atoms with van der Waals surface area (Å²) in [7, 11) is 1.88. The zero-order chi connectivity index (χ0) is 11.4. The molecule has 3 nitrogen and oxygen atoms in total. The molecule has 0 unspecified atom stereocenters. The van der Waals surface area contributed by atoms with Gasteiger partial charge < -0.3 is 15.1 Å². The van der Waals surface area contributed by atoms with Gasteiger partial charge in [-0.05, 0) is 25.5 Å². The lowest BCUT2D eigenvalue weighted by molar-refractivity contribution is 0.190. The second-order valence-corrected chi connectivity index (χ2v) is 3.92. The molecule has 2 N–H and O–H groups in total. The summed E-state index contributed by atoms with van der Waals surface area (Å²) in [6, 6.07) is 5.91. The topological polar surface area (TPSA) is 43.7 Å². The number of hydrogen-bond acceptors (Lipinski definition) is 3. The Morgan fingerprint density at radius 3 is 2.27 bits per heavy atom. The van der Waals surface area contributed by atoms with Crippen LogP contribution < -0.4 is 4.90 Å². The predicted molar refractivity (Wildman–Crippen MR) is 62.3 cm³/mol. The summed E-state index contributed by atoms with van der Waals surface area (Å²) in [4.78, 5) is 1.91. The average Bonchev–Trinajstić information content (AvgIpc) is 2.19. The Kier molecular flexibility index (Phi) is 4.12. The fourth-order valence-corrected chi connectivity index (χ4v) is 1.70. The van der Waals surface area contributed by atoms with Gasteiger partial charge in [0.2, 0.25) is 0 Å². The summed E-state index contributed by atoms with van der Waals surface area (Å²) >= 11 is 0. The molecule has 0 fully saturated rings. The van der Waals surface area contributed by atoms with E-state index in [0.717, 1.165) is 11.3 Å². The highest BCUT2D eigenvalue weighted by Crippen LogP contribution is 2.21. The molecule has 0 saturated heterocycles. The van der Waals surface area contributed by atoms with E-state index in [-0.39, 0.29) is 19.3 Å². The van der Waals surface area contributed by atoms with Crippen LogP contribution in [0.2, 0.25) is 0 Å². The van der Waals surface area contributed by atoms with E-state index in [4.69, 9.17) is 10.2 Å². The minimum Gasteiger partial charge on any atom is -0.394 e. The second kappa shape index (κ2) is 5.14. The van der Waals surface area contributed by atoms with E-state index in [1.807, 2.05) is 37.9 Å². The number of aliphatic hydroxyl groups excluding tert-OH is 2. The van der Waals surface area contributed by atoms with E-state index in [1.165, 1.54) is 5.56 Å². The highest BCUT2D eigenvalue weighted by molar-refractivity contribution is 5.54. The van der Waals surface area contributed by atoms with Crippen LogP contribution in [0.5, 0.6) is 0 Å². The number of nitrogens with zero attached hydrogens (tertiary/aromatic N) is 1. The lowest BCUT2D eigenvalue weighted by atomic mass is 10.1. The van der Waals surface area contributed by atoms with Gasteiger partial charge in [0.25, 0.3) is 0 Å². The molecular weight excluding hydrogens is 190 g/mol. The number of aliphatic hydroxyl groups is 2. The van der Waals surface area contributed by atoms with Crippen molar-refractivity contribution in [2.75, 3.05) is 25.2 Å². The van der Waals surface area contributed by atoms with Gasteiger partial charge in [0.15, 0.2) is 0 Å². The van der Waals surface area contributed by atoms with Crippen molar-refractivity contribution < 1.29 is 10.2 Å². The third kappa shape index (κ3) is 2.70. The summed E-state index contributed by atoms with van der Waals surface area (Å²) in [5.74, 6) is 0. The zero-order valence-corrected chi connectivity index (χ0v) is 9.57. The Morgan fingerprint density at radius 2 is 1.80 bits per heavy atom. The van der Waals surface area contributed by atoms with Crippen LogP contribution in [0.3, 0.4) is 0 Å². The summed E-state index contributed by atoms with van der Waals surface area (Å²) in [6.07, 6.45) is 0. The predicted octanol–water partition coefficient (Wildman–Crippen LogP) is 1.09. The molecule has 1 rings (SSSR count). The van der Waals surface area contributed by atoms with Crippen LogP contribution in [-0.2, 0) is 0 Å². The largest absolute Gasteiger partial charge is 0.394 e. The summed E-state index contributed by atoms with van der Waals surface area (Å²) in [5, 5.41) is 18.2. The van der Waals surface area contributed by atoms with Crippen LogP contribution in [0.1, 0.15) is 11.1 Å². The van der Waals surface area contributed by atoms with Gasteiger partial charge in [0, 0.05) is 12.7 Å². The maximum Gasteiger partial charge on any atom is 0.0748 e. The number of likely N-dealkylation sites (N-methyl/N-ethyl adjacent to an activating group) is 1. The molecule has 0 spiro atoms. The van der Waals surface area contributed by atoms with Gasteiger partial charge in [0.1, 0.15) is 0 Å². The molecular formula is C12H19NO2. The van der Waals surface area contributed by atoms with Crippen molar-refractivity contribution in [3.8, 4) is 0 Å². The fourth-order valence-electron chi connectivity index (χ4n) is 1.70. The molecule has 0 bridgehead atoms. The first-order valence-corrected chi connectivity index (χ1v) is 5.12. The van der Waals surface area contributed by atoms with Crippen LogP contribution in [0.4, 0.5) is 5.69 Å². The SMILES string of the molecule is Cc1ccc(N(C)C(CO)CO)c(C)c1. The molecule has 84 valence electrons. The van der Waals surface area contributed by atoms with Crippen molar-refractivity contribution in [3.63, 3.8) is 0 Å². The Bertz CT molecular complexity index is 321. The van der Waals surface area contributed by atoms with Crippen molar-refractivity contribution >= 4 is 5.69 Å². The number of anilines is 1. The minimum atomic E-state index is -0.230. The van der Waals surface area contributed by atoms with Gasteiger partial charge in [-0.25, -0.2) is 0 Å². The Balaban J connectivity index is 2.94. The monoisotopic (exact) mass is 209 g/mol. The minimum absolute atomic E-state index is 0.0414. The van der Waals surface area contributed by atoms with Crippen LogP contribution >= 0.6 is 0 Å². The second-order valence-electron chi connectivity index (χ2n) is 3.92. The van der Waals surface area contributed by atoms with Gasteiger partial charge in [-0.1, -0.05) is 17.7 Å². The smallest absolute Gasteiger partial charge is 0.0748 e. The van der Waals surface area contributed by atoms with E-state index in [1.54, 1.807) is 0 Å². The highest BCUT2D eigenvalue weighted by Gasteiger charge is 2.14. The van der Waals surface area contributed by atoms with Gasteiger partial charge in [-0.15, -0.1) is 0 Å². The van der Waals surface area contributed by atoms with E-state index in [2.05, 4.69) is 6.07 Å². The maximum atomic E-state index is 9.10. The molecule has 0 heterocycles. The van der Waals surface area contributed by atoms with Crippen LogP contribution in [0.15, 0.2) is 18.2 Å². The molecule has 1 aromatic carbocycles. The number of hydrogen-bond donors (Lipinski definition) is 2. The van der Waals surface area contributed by atoms with E-state index in [0.29, 0.717) is 0 Å². The molecule has 0 amide bonds. The Morgan fingerprint density at radius 1 is 1.20 bits per heavy atom. The molecule has 15 heavy (non-hydrogen) atoms. The summed E-state index contributed by atoms with van der Waals surface area (Å²) in [5.41, 5.74) is 3.42. The van der Waals surface area contributed by atoms with Gasteiger partial charge in [-0.3, -0.25) is 0 Å². The zero-order valence-electron chi connectivity index (χ0n) is 9.57. The quantitative estimate of drug-likeness (QED) is 0.780. The molecule has 1 aromatic rings. The Hall–Kier alpha value is -1.06. The van der Waals surface area contributed by atoms with Crippen LogP contribution in [-0.4, -0.2) is 36.5 Å². The third-order valence-electron chi connectivity index (χ3n) is 2.70. The Labute approximate surface area is 91.0 Å².